The summed E-state index contributed by atoms with van der Waals surface area (Å²) in [4.78, 5) is 0. The molecule has 0 amide bonds. The van der Waals surface area contributed by atoms with Gasteiger partial charge in [0.1, 0.15) is 29.8 Å². The van der Waals surface area contributed by atoms with E-state index >= 15 is 13.2 Å². The third kappa shape index (κ3) is 7.26. The second-order valence-corrected chi connectivity index (χ2v) is 11.3. The molecular formula is C35H30F8O2. The van der Waals surface area contributed by atoms with Crippen molar-refractivity contribution < 1.29 is 44.6 Å². The van der Waals surface area contributed by atoms with Crippen molar-refractivity contribution >= 4 is 0 Å². The van der Waals surface area contributed by atoms with Crippen molar-refractivity contribution in [3.8, 4) is 33.8 Å². The van der Waals surface area contributed by atoms with E-state index in [2.05, 4.69) is 11.7 Å². The van der Waals surface area contributed by atoms with E-state index in [1.165, 1.54) is 12.1 Å². The first kappa shape index (κ1) is 32.3. The first-order valence-electron chi connectivity index (χ1n) is 14.7. The van der Waals surface area contributed by atoms with Crippen molar-refractivity contribution in [3.05, 3.63) is 107 Å². The number of alkyl halides is 3. The quantitative estimate of drug-likeness (QED) is 0.171. The van der Waals surface area contributed by atoms with Gasteiger partial charge in [0.2, 0.25) is 0 Å². The number of hydrogen-bond acceptors (Lipinski definition) is 2. The lowest BCUT2D eigenvalue weighted by molar-refractivity contribution is -0.274. The van der Waals surface area contributed by atoms with Crippen molar-refractivity contribution in [2.75, 3.05) is 0 Å². The van der Waals surface area contributed by atoms with E-state index in [9.17, 15) is 22.0 Å². The molecule has 2 nitrogen and oxygen atoms in total. The maximum atomic E-state index is 15.4. The van der Waals surface area contributed by atoms with Crippen LogP contribution in [0.3, 0.4) is 0 Å². The third-order valence-electron chi connectivity index (χ3n) is 8.29. The van der Waals surface area contributed by atoms with Crippen LogP contribution in [0, 0.1) is 29.1 Å². The van der Waals surface area contributed by atoms with Gasteiger partial charge in [0, 0.05) is 5.56 Å². The molecule has 0 radical (unpaired) electrons. The maximum Gasteiger partial charge on any atom is 0.573 e. The molecule has 0 N–H and O–H groups in total. The second-order valence-electron chi connectivity index (χ2n) is 11.3. The molecule has 1 aliphatic rings. The Morgan fingerprint density at radius 3 is 1.87 bits per heavy atom. The van der Waals surface area contributed by atoms with Gasteiger partial charge in [-0.3, -0.25) is 0 Å². The average molecular weight is 635 g/mol. The summed E-state index contributed by atoms with van der Waals surface area (Å²) < 4.78 is 121. The summed E-state index contributed by atoms with van der Waals surface area (Å²) in [6, 6.07) is 12.4. The number of benzene rings is 4. The van der Waals surface area contributed by atoms with Gasteiger partial charge in [-0.2, -0.15) is 0 Å². The van der Waals surface area contributed by atoms with E-state index in [-0.39, 0.29) is 27.7 Å². The molecular weight excluding hydrogens is 604 g/mol. The standard InChI is InChI=1S/C35H30F8O2/c1-2-12-34(13-4-3-5-14-34)24-8-11-26(27(36)19-24)23-17-30(39)33(31(40)18-23)44-20-21-15-28(37)32(29(38)16-21)22-6-9-25(10-7-22)45-35(41,42)43/h6-11,15-19H,2-5,12-14,20H2,1H3. The molecule has 0 spiro atoms. The maximum absolute atomic E-state index is 15.4. The van der Waals surface area contributed by atoms with Crippen LogP contribution in [0.15, 0.2) is 66.7 Å². The zero-order chi connectivity index (χ0) is 32.4. The van der Waals surface area contributed by atoms with Crippen LogP contribution >= 0.6 is 0 Å². The number of ether oxygens (including phenoxy) is 2. The van der Waals surface area contributed by atoms with Crippen molar-refractivity contribution in [1.82, 2.24) is 0 Å². The highest BCUT2D eigenvalue weighted by Crippen LogP contribution is 2.44. The molecule has 0 bridgehead atoms. The Morgan fingerprint density at radius 1 is 0.689 bits per heavy atom. The highest BCUT2D eigenvalue weighted by Gasteiger charge is 2.34. The van der Waals surface area contributed by atoms with Crippen molar-refractivity contribution in [2.24, 2.45) is 0 Å². The molecule has 0 aliphatic heterocycles. The smallest absolute Gasteiger partial charge is 0.483 e. The fraction of sp³-hybridized carbons (Fsp3) is 0.314. The van der Waals surface area contributed by atoms with Crippen LogP contribution in [0.25, 0.3) is 22.3 Å². The summed E-state index contributed by atoms with van der Waals surface area (Å²) in [7, 11) is 0. The van der Waals surface area contributed by atoms with Gasteiger partial charge >= 0.3 is 6.36 Å². The zero-order valence-electron chi connectivity index (χ0n) is 24.3. The molecule has 45 heavy (non-hydrogen) atoms. The summed E-state index contributed by atoms with van der Waals surface area (Å²) in [6.45, 7) is 1.49. The Morgan fingerprint density at radius 2 is 1.31 bits per heavy atom. The molecule has 0 atom stereocenters. The van der Waals surface area contributed by atoms with Crippen molar-refractivity contribution in [3.63, 3.8) is 0 Å². The van der Waals surface area contributed by atoms with E-state index in [4.69, 9.17) is 4.74 Å². The van der Waals surface area contributed by atoms with Gasteiger partial charge in [-0.1, -0.05) is 56.9 Å². The highest BCUT2D eigenvalue weighted by atomic mass is 19.4. The van der Waals surface area contributed by atoms with Gasteiger partial charge in [0.15, 0.2) is 17.4 Å². The minimum absolute atomic E-state index is 0.0253. The second kappa shape index (κ2) is 13.1. The third-order valence-corrected chi connectivity index (χ3v) is 8.29. The van der Waals surface area contributed by atoms with Gasteiger partial charge in [-0.15, -0.1) is 13.2 Å². The molecule has 0 saturated heterocycles. The Labute approximate surface area is 255 Å². The Kier molecular flexibility index (Phi) is 9.41. The van der Waals surface area contributed by atoms with E-state index in [1.54, 1.807) is 0 Å². The van der Waals surface area contributed by atoms with Gasteiger partial charge < -0.3 is 9.47 Å². The fourth-order valence-corrected chi connectivity index (χ4v) is 6.29. The van der Waals surface area contributed by atoms with Crippen LogP contribution in [-0.2, 0) is 12.0 Å². The molecule has 10 heteroatoms. The van der Waals surface area contributed by atoms with Crippen molar-refractivity contribution in [2.45, 2.75) is 70.3 Å². The summed E-state index contributed by atoms with van der Waals surface area (Å²) in [5, 5.41) is 0. The monoisotopic (exact) mass is 634 g/mol. The first-order valence-corrected chi connectivity index (χ1v) is 14.7. The normalized spacial score (nSPS) is 14.8. The van der Waals surface area contributed by atoms with E-state index < -0.39 is 59.1 Å². The summed E-state index contributed by atoms with van der Waals surface area (Å²) in [6.07, 6.45) is 2.21. The SMILES string of the molecule is CCCC1(c2ccc(-c3cc(F)c(OCc4cc(F)c(-c5ccc(OC(F)(F)F)cc5)c(F)c4)c(F)c3)c(F)c2)CCCCC1. The van der Waals surface area contributed by atoms with E-state index in [0.717, 1.165) is 99.0 Å². The molecule has 0 heterocycles. The fourth-order valence-electron chi connectivity index (χ4n) is 6.29. The topological polar surface area (TPSA) is 18.5 Å². The summed E-state index contributed by atoms with van der Waals surface area (Å²) >= 11 is 0. The van der Waals surface area contributed by atoms with E-state index in [0.29, 0.717) is 0 Å². The molecule has 4 aromatic rings. The van der Waals surface area contributed by atoms with Crippen molar-refractivity contribution in [1.29, 1.82) is 0 Å². The number of hydrogen-bond donors (Lipinski definition) is 0. The molecule has 0 aromatic heterocycles. The molecule has 5 rings (SSSR count). The lowest BCUT2D eigenvalue weighted by Crippen LogP contribution is -2.29. The minimum Gasteiger partial charge on any atom is -0.483 e. The molecule has 0 unspecified atom stereocenters. The predicted molar refractivity (Wildman–Crippen MR) is 154 cm³/mol. The number of halogens is 8. The van der Waals surface area contributed by atoms with Crippen LogP contribution in [0.1, 0.15) is 63.0 Å². The van der Waals surface area contributed by atoms with Crippen LogP contribution in [-0.4, -0.2) is 6.36 Å². The van der Waals surface area contributed by atoms with Gasteiger partial charge in [0.05, 0.1) is 5.56 Å². The molecule has 4 aromatic carbocycles. The Hall–Kier alpha value is -4.08. The predicted octanol–water partition coefficient (Wildman–Crippen LogP) is 11.2. The van der Waals surface area contributed by atoms with E-state index in [1.807, 2.05) is 6.07 Å². The lowest BCUT2D eigenvalue weighted by atomic mass is 9.67. The Bertz CT molecular complexity index is 1610. The van der Waals surface area contributed by atoms with Gasteiger partial charge in [0.25, 0.3) is 0 Å². The van der Waals surface area contributed by atoms with Crippen LogP contribution in [0.5, 0.6) is 11.5 Å². The molecule has 1 saturated carbocycles. The molecule has 1 aliphatic carbocycles. The minimum atomic E-state index is -4.92. The zero-order valence-corrected chi connectivity index (χ0v) is 24.3. The molecule has 238 valence electrons. The first-order chi connectivity index (χ1) is 21.4. The average Bonchev–Trinajstić information content (AvgIpc) is 2.97. The van der Waals surface area contributed by atoms with Crippen LogP contribution < -0.4 is 9.47 Å². The Balaban J connectivity index is 1.32. The highest BCUT2D eigenvalue weighted by molar-refractivity contribution is 5.67. The van der Waals surface area contributed by atoms with Crippen LogP contribution in [0.4, 0.5) is 35.1 Å². The molecule has 1 fully saturated rings. The summed E-state index contributed by atoms with van der Waals surface area (Å²) in [5.74, 6) is -6.33. The van der Waals surface area contributed by atoms with Gasteiger partial charge in [-0.05, 0) is 89.4 Å². The lowest BCUT2D eigenvalue weighted by Gasteiger charge is -2.38. The largest absolute Gasteiger partial charge is 0.573 e. The summed E-state index contributed by atoms with van der Waals surface area (Å²) in [5.41, 5.74) is 0.123. The number of rotatable bonds is 9. The van der Waals surface area contributed by atoms with Crippen LogP contribution in [0.2, 0.25) is 0 Å². The van der Waals surface area contributed by atoms with Gasteiger partial charge in [-0.25, -0.2) is 22.0 Å².